The van der Waals surface area contributed by atoms with E-state index >= 15 is 0 Å². The lowest BCUT2D eigenvalue weighted by Gasteiger charge is -2.50. The van der Waals surface area contributed by atoms with E-state index in [-0.39, 0.29) is 12.0 Å². The number of hydrogen-bond donors (Lipinski definition) is 2. The molecule has 2 aromatic carbocycles. The standard InChI is InChI=1S/C24H30ClNO3/c1-28-18-10-11-19(22(15-18)29-2)23-20-8-5-6-12-24(20,27)13-14-26(23)16-17-7-3-4-9-21(17)25/h3-4,7,9-11,15,20,23,27H,5-6,8,12-14,16H2,1-2H3/p+1/t20-,23+,24-/m0/s1. The number of likely N-dealkylation sites (tertiary alicyclic amines) is 1. The summed E-state index contributed by atoms with van der Waals surface area (Å²) in [5, 5.41) is 12.3. The highest BCUT2D eigenvalue weighted by atomic mass is 35.5. The summed E-state index contributed by atoms with van der Waals surface area (Å²) in [6, 6.07) is 14.3. The predicted molar refractivity (Wildman–Crippen MR) is 115 cm³/mol. The third-order valence-corrected chi connectivity index (χ3v) is 7.31. The fourth-order valence-corrected chi connectivity index (χ4v) is 5.65. The average molecular weight is 417 g/mol. The minimum atomic E-state index is -0.585. The molecule has 2 N–H and O–H groups in total. The maximum Gasteiger partial charge on any atom is 0.131 e. The summed E-state index contributed by atoms with van der Waals surface area (Å²) < 4.78 is 11.2. The Kier molecular flexibility index (Phi) is 6.05. The number of hydrogen-bond acceptors (Lipinski definition) is 3. The van der Waals surface area contributed by atoms with Crippen LogP contribution in [0.25, 0.3) is 0 Å². The first-order chi connectivity index (χ1) is 14.1. The Hall–Kier alpha value is -1.75. The zero-order chi connectivity index (χ0) is 20.4. The Labute approximate surface area is 178 Å². The SMILES string of the molecule is COc1ccc([C@@H]2[C@@H]3CCCC[C@]3(O)CC[NH+]2Cc2ccccc2Cl)c(OC)c1. The van der Waals surface area contributed by atoms with E-state index in [1.54, 1.807) is 14.2 Å². The molecule has 2 aromatic rings. The van der Waals surface area contributed by atoms with E-state index < -0.39 is 5.60 Å². The molecule has 4 atom stereocenters. The molecular weight excluding hydrogens is 386 g/mol. The van der Waals surface area contributed by atoms with Gasteiger partial charge < -0.3 is 19.5 Å². The van der Waals surface area contributed by atoms with Gasteiger partial charge in [-0.1, -0.05) is 42.6 Å². The molecule has 1 unspecified atom stereocenters. The molecule has 0 amide bonds. The Morgan fingerprint density at radius 3 is 2.69 bits per heavy atom. The highest BCUT2D eigenvalue weighted by Gasteiger charge is 2.52. The van der Waals surface area contributed by atoms with Gasteiger partial charge in [-0.3, -0.25) is 0 Å². The van der Waals surface area contributed by atoms with Crippen LogP contribution >= 0.6 is 11.6 Å². The van der Waals surface area contributed by atoms with Crippen LogP contribution in [0.2, 0.25) is 5.02 Å². The van der Waals surface area contributed by atoms with Gasteiger partial charge in [0, 0.05) is 29.0 Å². The molecule has 4 nitrogen and oxygen atoms in total. The second-order valence-electron chi connectivity index (χ2n) is 8.47. The molecule has 0 spiro atoms. The van der Waals surface area contributed by atoms with Crippen LogP contribution < -0.4 is 14.4 Å². The van der Waals surface area contributed by atoms with Crippen molar-refractivity contribution in [3.63, 3.8) is 0 Å². The lowest BCUT2D eigenvalue weighted by Crippen LogP contribution is -3.13. The lowest BCUT2D eigenvalue weighted by atomic mass is 9.66. The van der Waals surface area contributed by atoms with Crippen molar-refractivity contribution in [1.82, 2.24) is 0 Å². The Balaban J connectivity index is 1.76. The predicted octanol–water partition coefficient (Wildman–Crippen LogP) is 3.81. The van der Waals surface area contributed by atoms with Crippen LogP contribution in [0.15, 0.2) is 42.5 Å². The van der Waals surface area contributed by atoms with E-state index in [1.807, 2.05) is 30.3 Å². The second kappa shape index (κ2) is 8.55. The molecule has 5 heteroatoms. The van der Waals surface area contributed by atoms with Crippen LogP contribution in [0.4, 0.5) is 0 Å². The van der Waals surface area contributed by atoms with Gasteiger partial charge in [0.25, 0.3) is 0 Å². The van der Waals surface area contributed by atoms with Crippen molar-refractivity contribution in [1.29, 1.82) is 0 Å². The summed E-state index contributed by atoms with van der Waals surface area (Å²) in [7, 11) is 3.38. The van der Waals surface area contributed by atoms with Gasteiger partial charge in [0.15, 0.2) is 0 Å². The second-order valence-corrected chi connectivity index (χ2v) is 8.88. The first-order valence-corrected chi connectivity index (χ1v) is 11.0. The molecule has 1 saturated heterocycles. The normalized spacial score (nSPS) is 29.2. The maximum atomic E-state index is 11.5. The molecule has 2 fully saturated rings. The summed E-state index contributed by atoms with van der Waals surface area (Å²) in [5.74, 6) is 1.83. The Morgan fingerprint density at radius 2 is 1.93 bits per heavy atom. The zero-order valence-electron chi connectivity index (χ0n) is 17.3. The molecule has 2 aliphatic rings. The molecule has 0 aromatic heterocycles. The number of aliphatic hydroxyl groups is 1. The van der Waals surface area contributed by atoms with Gasteiger partial charge >= 0.3 is 0 Å². The van der Waals surface area contributed by atoms with Crippen LogP contribution in [0, 0.1) is 5.92 Å². The van der Waals surface area contributed by atoms with E-state index in [0.717, 1.165) is 66.4 Å². The summed E-state index contributed by atoms with van der Waals surface area (Å²) >= 11 is 6.50. The molecule has 29 heavy (non-hydrogen) atoms. The molecule has 0 bridgehead atoms. The van der Waals surface area contributed by atoms with Gasteiger partial charge in [-0.15, -0.1) is 0 Å². The van der Waals surface area contributed by atoms with Crippen LogP contribution in [0.5, 0.6) is 11.5 Å². The molecule has 1 aliphatic heterocycles. The van der Waals surface area contributed by atoms with Crippen molar-refractivity contribution in [2.24, 2.45) is 5.92 Å². The zero-order valence-corrected chi connectivity index (χ0v) is 18.0. The van der Waals surface area contributed by atoms with Crippen LogP contribution in [-0.4, -0.2) is 31.5 Å². The number of nitrogens with one attached hydrogen (secondary N) is 1. The molecule has 156 valence electrons. The van der Waals surface area contributed by atoms with E-state index in [9.17, 15) is 5.11 Å². The van der Waals surface area contributed by atoms with E-state index in [4.69, 9.17) is 21.1 Å². The van der Waals surface area contributed by atoms with Crippen molar-refractivity contribution in [2.75, 3.05) is 20.8 Å². The molecular formula is C24H31ClNO3+. The van der Waals surface area contributed by atoms with Crippen molar-refractivity contribution < 1.29 is 19.5 Å². The molecule has 0 radical (unpaired) electrons. The number of quaternary nitrogens is 1. The minimum absolute atomic E-state index is 0.158. The van der Waals surface area contributed by atoms with Gasteiger partial charge in [-0.05, 0) is 31.0 Å². The number of fused-ring (bicyclic) bond motifs is 1. The summed E-state index contributed by atoms with van der Waals surface area (Å²) in [5.41, 5.74) is 1.72. The smallest absolute Gasteiger partial charge is 0.131 e. The van der Waals surface area contributed by atoms with Gasteiger partial charge in [-0.25, -0.2) is 0 Å². The van der Waals surface area contributed by atoms with Crippen LogP contribution in [0.3, 0.4) is 0 Å². The monoisotopic (exact) mass is 416 g/mol. The van der Waals surface area contributed by atoms with E-state index in [1.165, 1.54) is 11.3 Å². The third kappa shape index (κ3) is 3.98. The van der Waals surface area contributed by atoms with Crippen molar-refractivity contribution in [3.8, 4) is 11.5 Å². The molecule has 1 aliphatic carbocycles. The van der Waals surface area contributed by atoms with Crippen molar-refractivity contribution in [2.45, 2.75) is 50.3 Å². The van der Waals surface area contributed by atoms with Crippen molar-refractivity contribution >= 4 is 11.6 Å². The van der Waals surface area contributed by atoms with Gasteiger partial charge in [-0.2, -0.15) is 0 Å². The molecule has 1 saturated carbocycles. The fourth-order valence-electron chi connectivity index (χ4n) is 5.45. The van der Waals surface area contributed by atoms with Crippen LogP contribution in [0.1, 0.15) is 49.3 Å². The first-order valence-electron chi connectivity index (χ1n) is 10.6. The third-order valence-electron chi connectivity index (χ3n) is 6.94. The summed E-state index contributed by atoms with van der Waals surface area (Å²) in [4.78, 5) is 1.44. The summed E-state index contributed by atoms with van der Waals surface area (Å²) in [6.07, 6.45) is 5.06. The van der Waals surface area contributed by atoms with Crippen molar-refractivity contribution in [3.05, 3.63) is 58.6 Å². The average Bonchev–Trinajstić information content (AvgIpc) is 2.75. The summed E-state index contributed by atoms with van der Waals surface area (Å²) in [6.45, 7) is 1.75. The number of rotatable bonds is 5. The van der Waals surface area contributed by atoms with Gasteiger partial charge in [0.2, 0.25) is 0 Å². The Bertz CT molecular complexity index is 858. The van der Waals surface area contributed by atoms with Gasteiger partial charge in [0.1, 0.15) is 24.1 Å². The number of piperidine rings is 1. The van der Waals surface area contributed by atoms with Gasteiger partial charge in [0.05, 0.1) is 31.9 Å². The van der Waals surface area contributed by atoms with E-state index in [2.05, 4.69) is 12.1 Å². The quantitative estimate of drug-likeness (QED) is 0.778. The first kappa shape index (κ1) is 20.5. The van der Waals surface area contributed by atoms with E-state index in [0.29, 0.717) is 0 Å². The minimum Gasteiger partial charge on any atom is -0.497 e. The Morgan fingerprint density at radius 1 is 1.10 bits per heavy atom. The lowest BCUT2D eigenvalue weighted by molar-refractivity contribution is -0.958. The highest BCUT2D eigenvalue weighted by molar-refractivity contribution is 6.31. The maximum absolute atomic E-state index is 11.5. The number of methoxy groups -OCH3 is 2. The number of halogens is 1. The largest absolute Gasteiger partial charge is 0.497 e. The number of ether oxygens (including phenoxy) is 2. The number of benzene rings is 2. The van der Waals surface area contributed by atoms with Crippen LogP contribution in [-0.2, 0) is 6.54 Å². The fraction of sp³-hybridized carbons (Fsp3) is 0.500. The topological polar surface area (TPSA) is 43.1 Å². The molecule has 4 rings (SSSR count). The highest BCUT2D eigenvalue weighted by Crippen LogP contribution is 2.46. The molecule has 1 heterocycles.